The van der Waals surface area contributed by atoms with Crippen LogP contribution in [0.15, 0.2) is 54.6 Å². The number of rotatable bonds is 7. The van der Waals surface area contributed by atoms with E-state index in [1.54, 1.807) is 0 Å². The standard InChI is InChI=1S/C19H18IN3O3/c20-16-8-6-14(7-9-16)12-17(18(24)22-11-10-21)23-19(25)26-13-15-4-2-1-3-5-15/h1-9,17H,11-13H2,(H,22,24)(H,23,25)/t17-/m1/s1. The number of halogens is 1. The van der Waals surface area contributed by atoms with E-state index in [1.807, 2.05) is 60.7 Å². The monoisotopic (exact) mass is 463 g/mol. The summed E-state index contributed by atoms with van der Waals surface area (Å²) in [4.78, 5) is 24.3. The Morgan fingerprint density at radius 3 is 2.42 bits per heavy atom. The van der Waals surface area contributed by atoms with Crippen LogP contribution in [0.4, 0.5) is 4.79 Å². The van der Waals surface area contributed by atoms with Gasteiger partial charge in [0.15, 0.2) is 0 Å². The van der Waals surface area contributed by atoms with Crippen LogP contribution in [0.2, 0.25) is 0 Å². The molecule has 2 aromatic carbocycles. The van der Waals surface area contributed by atoms with Gasteiger partial charge in [0.1, 0.15) is 19.2 Å². The molecule has 0 bridgehead atoms. The van der Waals surface area contributed by atoms with Crippen LogP contribution in [0, 0.1) is 14.9 Å². The first-order valence-electron chi connectivity index (χ1n) is 7.95. The number of nitrogens with one attached hydrogen (secondary N) is 2. The number of nitrogens with zero attached hydrogens (tertiary/aromatic N) is 1. The lowest BCUT2D eigenvalue weighted by molar-refractivity contribution is -0.122. The number of amides is 2. The number of hydrogen-bond donors (Lipinski definition) is 2. The summed E-state index contributed by atoms with van der Waals surface area (Å²) >= 11 is 2.19. The molecule has 0 saturated carbocycles. The smallest absolute Gasteiger partial charge is 0.408 e. The molecule has 0 heterocycles. The molecule has 2 amide bonds. The molecular weight excluding hydrogens is 445 g/mol. The fourth-order valence-corrected chi connectivity index (χ4v) is 2.58. The van der Waals surface area contributed by atoms with Crippen molar-refractivity contribution in [2.45, 2.75) is 19.1 Å². The van der Waals surface area contributed by atoms with Gasteiger partial charge in [-0.1, -0.05) is 42.5 Å². The van der Waals surface area contributed by atoms with Gasteiger partial charge in [0.05, 0.1) is 6.07 Å². The van der Waals surface area contributed by atoms with Crippen molar-refractivity contribution in [1.82, 2.24) is 10.6 Å². The Hall–Kier alpha value is -2.60. The van der Waals surface area contributed by atoms with Gasteiger partial charge in [-0.25, -0.2) is 4.79 Å². The minimum Gasteiger partial charge on any atom is -0.445 e. The van der Waals surface area contributed by atoms with Gasteiger partial charge in [0, 0.05) is 9.99 Å². The summed E-state index contributed by atoms with van der Waals surface area (Å²) in [5.74, 6) is -0.429. The van der Waals surface area contributed by atoms with Gasteiger partial charge in [-0.3, -0.25) is 4.79 Å². The second kappa shape index (κ2) is 10.4. The summed E-state index contributed by atoms with van der Waals surface area (Å²) in [6.45, 7) is -0.00843. The molecule has 7 heteroatoms. The van der Waals surface area contributed by atoms with E-state index in [9.17, 15) is 9.59 Å². The van der Waals surface area contributed by atoms with Crippen LogP contribution < -0.4 is 10.6 Å². The van der Waals surface area contributed by atoms with Crippen molar-refractivity contribution in [1.29, 1.82) is 5.26 Å². The molecule has 0 spiro atoms. The maximum absolute atomic E-state index is 12.2. The summed E-state index contributed by atoms with van der Waals surface area (Å²) in [5.41, 5.74) is 1.75. The van der Waals surface area contributed by atoms with Crippen LogP contribution in [-0.4, -0.2) is 24.6 Å². The summed E-state index contributed by atoms with van der Waals surface area (Å²) in [5, 5.41) is 13.7. The van der Waals surface area contributed by atoms with Crippen LogP contribution in [0.25, 0.3) is 0 Å². The van der Waals surface area contributed by atoms with Crippen LogP contribution in [0.5, 0.6) is 0 Å². The van der Waals surface area contributed by atoms with Gasteiger partial charge in [-0.15, -0.1) is 0 Å². The molecule has 0 unspecified atom stereocenters. The van der Waals surface area contributed by atoms with Gasteiger partial charge in [0.2, 0.25) is 5.91 Å². The predicted molar refractivity (Wildman–Crippen MR) is 105 cm³/mol. The van der Waals surface area contributed by atoms with Crippen LogP contribution in [-0.2, 0) is 22.6 Å². The minimum absolute atomic E-state index is 0.114. The fourth-order valence-electron chi connectivity index (χ4n) is 2.22. The summed E-state index contributed by atoms with van der Waals surface area (Å²) < 4.78 is 6.25. The van der Waals surface area contributed by atoms with Gasteiger partial charge in [-0.05, 0) is 45.9 Å². The molecule has 2 aromatic rings. The zero-order valence-corrected chi connectivity index (χ0v) is 16.1. The molecule has 0 fully saturated rings. The Labute approximate surface area is 165 Å². The molecule has 6 nitrogen and oxygen atoms in total. The summed E-state index contributed by atoms with van der Waals surface area (Å²) in [6, 6.07) is 17.9. The maximum Gasteiger partial charge on any atom is 0.408 e. The van der Waals surface area contributed by atoms with E-state index in [0.717, 1.165) is 14.7 Å². The zero-order chi connectivity index (χ0) is 18.8. The molecule has 0 aliphatic rings. The third kappa shape index (κ3) is 6.72. The number of hydrogen-bond acceptors (Lipinski definition) is 4. The Morgan fingerprint density at radius 2 is 1.77 bits per heavy atom. The fraction of sp³-hybridized carbons (Fsp3) is 0.211. The van der Waals surface area contributed by atoms with E-state index >= 15 is 0 Å². The van der Waals surface area contributed by atoms with Crippen LogP contribution >= 0.6 is 22.6 Å². The molecule has 26 heavy (non-hydrogen) atoms. The highest BCUT2D eigenvalue weighted by Gasteiger charge is 2.21. The molecule has 134 valence electrons. The topological polar surface area (TPSA) is 91.2 Å². The third-order valence-corrected chi connectivity index (χ3v) is 4.24. The third-order valence-electron chi connectivity index (χ3n) is 3.52. The molecule has 2 rings (SSSR count). The molecular formula is C19H18IN3O3. The van der Waals surface area contributed by atoms with Gasteiger partial charge < -0.3 is 15.4 Å². The number of ether oxygens (including phenoxy) is 1. The number of alkyl carbamates (subject to hydrolysis) is 1. The van der Waals surface area contributed by atoms with Crippen molar-refractivity contribution in [3.8, 4) is 6.07 Å². The lowest BCUT2D eigenvalue weighted by atomic mass is 10.1. The average molecular weight is 463 g/mol. The molecule has 2 N–H and O–H groups in total. The maximum atomic E-state index is 12.2. The Kier molecular flexibility index (Phi) is 7.89. The number of carbonyl (C=O) groups excluding carboxylic acids is 2. The highest BCUT2D eigenvalue weighted by atomic mass is 127. The van der Waals surface area contributed by atoms with E-state index in [1.165, 1.54) is 0 Å². The van der Waals surface area contributed by atoms with E-state index in [2.05, 4.69) is 33.2 Å². The molecule has 0 aliphatic heterocycles. The van der Waals surface area contributed by atoms with Crippen molar-refractivity contribution in [3.05, 3.63) is 69.3 Å². The average Bonchev–Trinajstić information content (AvgIpc) is 2.66. The summed E-state index contributed by atoms with van der Waals surface area (Å²) in [6.07, 6.45) is -0.384. The summed E-state index contributed by atoms with van der Waals surface area (Å²) in [7, 11) is 0. The highest BCUT2D eigenvalue weighted by Crippen LogP contribution is 2.09. The van der Waals surface area contributed by atoms with E-state index in [4.69, 9.17) is 10.00 Å². The SMILES string of the molecule is N#CCNC(=O)[C@@H](Cc1ccc(I)cc1)NC(=O)OCc1ccccc1. The molecule has 0 aliphatic carbocycles. The normalized spacial score (nSPS) is 11.1. The lowest BCUT2D eigenvalue weighted by Gasteiger charge is -2.18. The van der Waals surface area contributed by atoms with Gasteiger partial charge >= 0.3 is 6.09 Å². The number of benzene rings is 2. The van der Waals surface area contributed by atoms with Crippen molar-refractivity contribution in [3.63, 3.8) is 0 Å². The van der Waals surface area contributed by atoms with E-state index in [-0.39, 0.29) is 13.2 Å². The minimum atomic E-state index is -0.827. The van der Waals surface area contributed by atoms with Gasteiger partial charge in [0.25, 0.3) is 0 Å². The van der Waals surface area contributed by atoms with Crippen molar-refractivity contribution >= 4 is 34.6 Å². The van der Waals surface area contributed by atoms with E-state index in [0.29, 0.717) is 6.42 Å². The molecule has 0 saturated heterocycles. The van der Waals surface area contributed by atoms with Crippen molar-refractivity contribution < 1.29 is 14.3 Å². The van der Waals surface area contributed by atoms with Gasteiger partial charge in [-0.2, -0.15) is 5.26 Å². The Bertz CT molecular complexity index is 773. The quantitative estimate of drug-likeness (QED) is 0.488. The van der Waals surface area contributed by atoms with Crippen LogP contribution in [0.1, 0.15) is 11.1 Å². The Balaban J connectivity index is 1.97. The molecule has 1 atom stereocenters. The number of carbonyl (C=O) groups is 2. The first kappa shape index (κ1) is 19.7. The first-order valence-corrected chi connectivity index (χ1v) is 9.02. The van der Waals surface area contributed by atoms with E-state index < -0.39 is 18.0 Å². The first-order chi connectivity index (χ1) is 12.6. The lowest BCUT2D eigenvalue weighted by Crippen LogP contribution is -2.48. The van der Waals surface area contributed by atoms with Crippen molar-refractivity contribution in [2.24, 2.45) is 0 Å². The van der Waals surface area contributed by atoms with Crippen molar-refractivity contribution in [2.75, 3.05) is 6.54 Å². The number of nitriles is 1. The molecule has 0 radical (unpaired) electrons. The zero-order valence-electron chi connectivity index (χ0n) is 13.9. The van der Waals surface area contributed by atoms with Crippen LogP contribution in [0.3, 0.4) is 0 Å². The Morgan fingerprint density at radius 1 is 1.08 bits per heavy atom. The molecule has 0 aromatic heterocycles. The highest BCUT2D eigenvalue weighted by molar-refractivity contribution is 14.1. The predicted octanol–water partition coefficient (Wildman–Crippen LogP) is 2.77. The second-order valence-corrected chi connectivity index (χ2v) is 6.71. The largest absolute Gasteiger partial charge is 0.445 e. The second-order valence-electron chi connectivity index (χ2n) is 5.47.